The Hall–Kier alpha value is -0.840. The number of carboxylic acid groups (broad SMARTS) is 1. The first kappa shape index (κ1) is 14.2. The molecule has 0 heterocycles. The second-order valence-electron chi connectivity index (χ2n) is 3.06. The summed E-state index contributed by atoms with van der Waals surface area (Å²) in [6, 6.07) is 0. The molecule has 0 atom stereocenters. The minimum absolute atomic E-state index is 0.0551. The molecule has 86 valence electrons. The fourth-order valence-electron chi connectivity index (χ4n) is 1.02. The Kier molecular flexibility index (Phi) is 7.99. The van der Waals surface area contributed by atoms with Crippen LogP contribution in [0.3, 0.4) is 0 Å². The Morgan fingerprint density at radius 2 is 2.00 bits per heavy atom. The number of nitrogens with one attached hydrogen (secondary N) is 1. The molecule has 5 heteroatoms. The van der Waals surface area contributed by atoms with Crippen LogP contribution in [-0.2, 0) is 9.59 Å². The first-order chi connectivity index (χ1) is 7.11. The van der Waals surface area contributed by atoms with Crippen molar-refractivity contribution in [1.29, 1.82) is 0 Å². The van der Waals surface area contributed by atoms with E-state index < -0.39 is 5.97 Å². The maximum Gasteiger partial charge on any atom is 0.352 e. The number of unbranched alkanes of at least 4 members (excludes halogenated alkanes) is 2. The SMILES string of the molecule is C/C=C(/NC(=O)CCCCCBr)C(=O)O. The van der Waals surface area contributed by atoms with Gasteiger partial charge in [0.15, 0.2) is 0 Å². The standard InChI is InChI=1S/C10H16BrNO3/c1-2-8(10(14)15)12-9(13)6-4-3-5-7-11/h2H,3-7H2,1H3,(H,12,13)(H,14,15)/b8-2+. The number of carbonyl (C=O) groups excluding carboxylic acids is 1. The molecule has 0 radical (unpaired) electrons. The Balaban J connectivity index is 3.78. The Labute approximate surface area is 97.9 Å². The summed E-state index contributed by atoms with van der Waals surface area (Å²) >= 11 is 3.30. The number of aliphatic carboxylic acids is 1. The molecule has 0 aromatic carbocycles. The van der Waals surface area contributed by atoms with E-state index in [1.165, 1.54) is 6.08 Å². The lowest BCUT2D eigenvalue weighted by molar-refractivity contribution is -0.134. The van der Waals surface area contributed by atoms with Crippen molar-refractivity contribution in [1.82, 2.24) is 5.32 Å². The van der Waals surface area contributed by atoms with E-state index in [2.05, 4.69) is 21.2 Å². The lowest BCUT2D eigenvalue weighted by Crippen LogP contribution is -2.26. The molecule has 0 fully saturated rings. The van der Waals surface area contributed by atoms with Crippen LogP contribution >= 0.6 is 15.9 Å². The molecular formula is C10H16BrNO3. The average molecular weight is 278 g/mol. The highest BCUT2D eigenvalue weighted by Gasteiger charge is 2.09. The van der Waals surface area contributed by atoms with E-state index in [1.54, 1.807) is 6.92 Å². The number of amides is 1. The molecule has 0 unspecified atom stereocenters. The molecule has 0 bridgehead atoms. The fraction of sp³-hybridized carbons (Fsp3) is 0.600. The number of allylic oxidation sites excluding steroid dienone is 1. The van der Waals surface area contributed by atoms with Gasteiger partial charge in [0, 0.05) is 11.8 Å². The topological polar surface area (TPSA) is 66.4 Å². The van der Waals surface area contributed by atoms with Crippen LogP contribution in [0.1, 0.15) is 32.6 Å². The fourth-order valence-corrected chi connectivity index (χ4v) is 1.42. The maximum absolute atomic E-state index is 11.3. The summed E-state index contributed by atoms with van der Waals surface area (Å²) in [5.41, 5.74) is -0.0551. The number of halogens is 1. The van der Waals surface area contributed by atoms with E-state index in [-0.39, 0.29) is 11.6 Å². The van der Waals surface area contributed by atoms with Crippen molar-refractivity contribution in [3.63, 3.8) is 0 Å². The van der Waals surface area contributed by atoms with Gasteiger partial charge >= 0.3 is 5.97 Å². The third kappa shape index (κ3) is 7.13. The quantitative estimate of drug-likeness (QED) is 0.425. The molecule has 0 aromatic rings. The highest BCUT2D eigenvalue weighted by molar-refractivity contribution is 9.09. The summed E-state index contributed by atoms with van der Waals surface area (Å²) in [4.78, 5) is 21.8. The van der Waals surface area contributed by atoms with E-state index in [0.29, 0.717) is 6.42 Å². The van der Waals surface area contributed by atoms with Crippen molar-refractivity contribution in [2.24, 2.45) is 0 Å². The van der Waals surface area contributed by atoms with Gasteiger partial charge < -0.3 is 10.4 Å². The van der Waals surface area contributed by atoms with E-state index >= 15 is 0 Å². The van der Waals surface area contributed by atoms with Crippen LogP contribution < -0.4 is 5.32 Å². The van der Waals surface area contributed by atoms with Crippen molar-refractivity contribution in [3.8, 4) is 0 Å². The van der Waals surface area contributed by atoms with Crippen molar-refractivity contribution in [3.05, 3.63) is 11.8 Å². The van der Waals surface area contributed by atoms with Crippen LogP contribution in [0.25, 0.3) is 0 Å². The molecule has 4 nitrogen and oxygen atoms in total. The molecule has 0 aliphatic carbocycles. The zero-order valence-electron chi connectivity index (χ0n) is 8.75. The summed E-state index contributed by atoms with van der Waals surface area (Å²) in [6.45, 7) is 1.58. The van der Waals surface area contributed by atoms with Gasteiger partial charge in [0.2, 0.25) is 5.91 Å². The van der Waals surface area contributed by atoms with Crippen LogP contribution in [0.15, 0.2) is 11.8 Å². The van der Waals surface area contributed by atoms with Crippen LogP contribution in [0, 0.1) is 0 Å². The molecule has 0 spiro atoms. The molecule has 0 aliphatic heterocycles. The second-order valence-corrected chi connectivity index (χ2v) is 3.85. The molecule has 0 aromatic heterocycles. The number of carbonyl (C=O) groups is 2. The van der Waals surface area contributed by atoms with Crippen molar-refractivity contribution >= 4 is 27.8 Å². The lowest BCUT2D eigenvalue weighted by Gasteiger charge is -2.04. The monoisotopic (exact) mass is 277 g/mol. The van der Waals surface area contributed by atoms with Gasteiger partial charge in [0.05, 0.1) is 0 Å². The Morgan fingerprint density at radius 1 is 1.33 bits per heavy atom. The number of hydrogen-bond donors (Lipinski definition) is 2. The van der Waals surface area contributed by atoms with Crippen LogP contribution in [0.2, 0.25) is 0 Å². The molecule has 0 rings (SSSR count). The smallest absolute Gasteiger partial charge is 0.352 e. The van der Waals surface area contributed by atoms with Gasteiger partial charge in [-0.2, -0.15) is 0 Å². The molecule has 0 aliphatic rings. The van der Waals surface area contributed by atoms with Gasteiger partial charge in [0.1, 0.15) is 5.70 Å². The van der Waals surface area contributed by atoms with Crippen molar-refractivity contribution in [2.75, 3.05) is 5.33 Å². The Morgan fingerprint density at radius 3 is 2.47 bits per heavy atom. The lowest BCUT2D eigenvalue weighted by atomic mass is 10.2. The number of alkyl halides is 1. The minimum atomic E-state index is -1.11. The summed E-state index contributed by atoms with van der Waals surface area (Å²) in [7, 11) is 0. The predicted octanol–water partition coefficient (Wildman–Crippen LogP) is 2.05. The second kappa shape index (κ2) is 8.47. The summed E-state index contributed by atoms with van der Waals surface area (Å²) < 4.78 is 0. The summed E-state index contributed by atoms with van der Waals surface area (Å²) in [6.07, 6.45) is 4.53. The normalized spacial score (nSPS) is 11.2. The highest BCUT2D eigenvalue weighted by Crippen LogP contribution is 2.02. The molecule has 15 heavy (non-hydrogen) atoms. The summed E-state index contributed by atoms with van der Waals surface area (Å²) in [5.74, 6) is -1.34. The van der Waals surface area contributed by atoms with Gasteiger partial charge in [-0.1, -0.05) is 28.4 Å². The molecule has 2 N–H and O–H groups in total. The highest BCUT2D eigenvalue weighted by atomic mass is 79.9. The Bertz CT molecular complexity index is 251. The van der Waals surface area contributed by atoms with Crippen LogP contribution in [0.4, 0.5) is 0 Å². The van der Waals surface area contributed by atoms with Gasteiger partial charge in [-0.3, -0.25) is 4.79 Å². The zero-order valence-corrected chi connectivity index (χ0v) is 10.3. The van der Waals surface area contributed by atoms with Gasteiger partial charge in [-0.05, 0) is 19.8 Å². The minimum Gasteiger partial charge on any atom is -0.477 e. The molecule has 1 amide bonds. The van der Waals surface area contributed by atoms with E-state index in [9.17, 15) is 9.59 Å². The van der Waals surface area contributed by atoms with Crippen LogP contribution in [0.5, 0.6) is 0 Å². The van der Waals surface area contributed by atoms with Crippen LogP contribution in [-0.4, -0.2) is 22.3 Å². The average Bonchev–Trinajstić information content (AvgIpc) is 2.20. The molecule has 0 saturated heterocycles. The van der Waals surface area contributed by atoms with E-state index in [0.717, 1.165) is 24.6 Å². The third-order valence-corrected chi connectivity index (χ3v) is 2.39. The van der Waals surface area contributed by atoms with E-state index in [1.807, 2.05) is 0 Å². The first-order valence-electron chi connectivity index (χ1n) is 4.87. The van der Waals surface area contributed by atoms with E-state index in [4.69, 9.17) is 5.11 Å². The van der Waals surface area contributed by atoms with Gasteiger partial charge in [-0.25, -0.2) is 4.79 Å². The number of carboxylic acids is 1. The number of rotatable bonds is 7. The maximum atomic E-state index is 11.3. The predicted molar refractivity (Wildman–Crippen MR) is 61.8 cm³/mol. The molecule has 0 saturated carbocycles. The van der Waals surface area contributed by atoms with Gasteiger partial charge in [0.25, 0.3) is 0 Å². The molecular weight excluding hydrogens is 262 g/mol. The van der Waals surface area contributed by atoms with Crippen molar-refractivity contribution < 1.29 is 14.7 Å². The zero-order chi connectivity index (χ0) is 11.7. The third-order valence-electron chi connectivity index (χ3n) is 1.83. The first-order valence-corrected chi connectivity index (χ1v) is 5.99. The summed E-state index contributed by atoms with van der Waals surface area (Å²) in [5, 5.41) is 11.9. The van der Waals surface area contributed by atoms with Gasteiger partial charge in [-0.15, -0.1) is 0 Å². The number of hydrogen-bond acceptors (Lipinski definition) is 2. The van der Waals surface area contributed by atoms with Crippen molar-refractivity contribution in [2.45, 2.75) is 32.6 Å². The largest absolute Gasteiger partial charge is 0.477 e.